The van der Waals surface area contributed by atoms with Crippen LogP contribution in [-0.4, -0.2) is 66.6 Å². The Balaban J connectivity index is 1.77. The minimum Gasteiger partial charge on any atom is -0.462 e. The van der Waals surface area contributed by atoms with Gasteiger partial charge in [-0.05, 0) is 50.9 Å². The molecule has 0 saturated heterocycles. The molecular weight excluding hydrogens is 388 g/mol. The quantitative estimate of drug-likeness (QED) is 0.333. The Kier molecular flexibility index (Phi) is 4.82. The van der Waals surface area contributed by atoms with Crippen molar-refractivity contribution in [2.24, 2.45) is 16.7 Å². The fraction of sp³-hybridized carbons (Fsp3) is 0.870. The predicted octanol–water partition coefficient (Wildman–Crippen LogP) is 1.19. The first kappa shape index (κ1) is 22.2. The molecule has 0 unspecified atom stereocenters. The van der Waals surface area contributed by atoms with Crippen LogP contribution >= 0.6 is 0 Å². The van der Waals surface area contributed by atoms with Gasteiger partial charge >= 0.3 is 5.97 Å². The number of aliphatic hydroxyl groups excluding tert-OH is 2. The molecule has 0 amide bonds. The lowest BCUT2D eigenvalue weighted by molar-refractivity contribution is -0.325. The van der Waals surface area contributed by atoms with Crippen LogP contribution in [0.25, 0.3) is 0 Å². The van der Waals surface area contributed by atoms with E-state index in [1.54, 1.807) is 6.92 Å². The average Bonchev–Trinajstić information content (AvgIpc) is 2.89. The Hall–Kier alpha value is -0.990. The number of esters is 1. The van der Waals surface area contributed by atoms with Gasteiger partial charge in [0.2, 0.25) is 0 Å². The Morgan fingerprint density at radius 2 is 1.87 bits per heavy atom. The highest BCUT2D eigenvalue weighted by Gasteiger charge is 2.80. The largest absolute Gasteiger partial charge is 0.462 e. The molecule has 7 nitrogen and oxygen atoms in total. The van der Waals surface area contributed by atoms with Gasteiger partial charge in [0.15, 0.2) is 0 Å². The van der Waals surface area contributed by atoms with E-state index in [9.17, 15) is 30.3 Å². The summed E-state index contributed by atoms with van der Waals surface area (Å²) in [4.78, 5) is 11.4. The highest BCUT2D eigenvalue weighted by molar-refractivity contribution is 5.66. The molecule has 4 aliphatic carbocycles. The minimum atomic E-state index is -1.74. The minimum absolute atomic E-state index is 0.101. The van der Waals surface area contributed by atoms with Crippen LogP contribution in [0.1, 0.15) is 72.6 Å². The van der Waals surface area contributed by atoms with Crippen LogP contribution in [0.3, 0.4) is 0 Å². The van der Waals surface area contributed by atoms with Crippen molar-refractivity contribution < 1.29 is 35.1 Å². The smallest absolute Gasteiger partial charge is 0.302 e. The van der Waals surface area contributed by atoms with E-state index < -0.39 is 45.8 Å². The van der Waals surface area contributed by atoms with Crippen LogP contribution in [-0.2, 0) is 9.53 Å². The van der Waals surface area contributed by atoms with Crippen molar-refractivity contribution in [3.8, 4) is 0 Å². The lowest BCUT2D eigenvalue weighted by Gasteiger charge is -2.67. The number of hydrogen-bond donors (Lipinski definition) is 5. The molecule has 3 saturated carbocycles. The number of carbonyl (C=O) groups is 1. The van der Waals surface area contributed by atoms with Gasteiger partial charge in [-0.3, -0.25) is 4.79 Å². The molecule has 4 rings (SSSR count). The second-order valence-electron chi connectivity index (χ2n) is 10.7. The van der Waals surface area contributed by atoms with Crippen molar-refractivity contribution in [1.29, 1.82) is 0 Å². The third-order valence-corrected chi connectivity index (χ3v) is 9.66. The Bertz CT molecular complexity index is 780. The maximum Gasteiger partial charge on any atom is 0.302 e. The van der Waals surface area contributed by atoms with Gasteiger partial charge in [0.25, 0.3) is 0 Å². The SMILES string of the molecule is CC(=O)O[C@H]1CC[C@@]2(C)C(=CC[C@]3(O)[C@@H]2C[C@@H](O)[C@@]2(C)[C@]3(O)CC[C@@]2(O)[C@H](C)O)C1. The maximum atomic E-state index is 12.0. The molecule has 170 valence electrons. The van der Waals surface area contributed by atoms with E-state index in [0.29, 0.717) is 19.3 Å². The molecule has 0 aromatic carbocycles. The number of fused-ring (bicyclic) bond motifs is 5. The van der Waals surface area contributed by atoms with Crippen LogP contribution < -0.4 is 0 Å². The Morgan fingerprint density at radius 1 is 1.20 bits per heavy atom. The van der Waals surface area contributed by atoms with Gasteiger partial charge in [0.05, 0.1) is 17.6 Å². The molecule has 7 heteroatoms. The van der Waals surface area contributed by atoms with Crippen molar-refractivity contribution >= 4 is 5.97 Å². The zero-order chi connectivity index (χ0) is 22.3. The molecule has 0 aromatic heterocycles. The zero-order valence-corrected chi connectivity index (χ0v) is 18.4. The van der Waals surface area contributed by atoms with Crippen molar-refractivity contribution in [3.63, 3.8) is 0 Å². The summed E-state index contributed by atoms with van der Waals surface area (Å²) in [6, 6.07) is 0. The maximum absolute atomic E-state index is 12.0. The van der Waals surface area contributed by atoms with E-state index in [1.807, 2.05) is 6.08 Å². The topological polar surface area (TPSA) is 127 Å². The van der Waals surface area contributed by atoms with Crippen molar-refractivity contribution in [3.05, 3.63) is 11.6 Å². The van der Waals surface area contributed by atoms with Gasteiger partial charge in [-0.15, -0.1) is 0 Å². The van der Waals surface area contributed by atoms with Crippen LogP contribution in [0.15, 0.2) is 11.6 Å². The van der Waals surface area contributed by atoms with Gasteiger partial charge in [-0.1, -0.05) is 25.5 Å². The van der Waals surface area contributed by atoms with Crippen molar-refractivity contribution in [1.82, 2.24) is 0 Å². The number of aliphatic hydroxyl groups is 5. The molecule has 9 atom stereocenters. The fourth-order valence-corrected chi connectivity index (χ4v) is 7.69. The normalized spacial score (nSPS) is 53.8. The molecule has 5 N–H and O–H groups in total. The van der Waals surface area contributed by atoms with E-state index in [0.717, 1.165) is 5.57 Å². The predicted molar refractivity (Wildman–Crippen MR) is 108 cm³/mol. The van der Waals surface area contributed by atoms with Crippen molar-refractivity contribution in [2.45, 2.75) is 108 Å². The highest BCUT2D eigenvalue weighted by Crippen LogP contribution is 2.70. The van der Waals surface area contributed by atoms with Crippen molar-refractivity contribution in [2.75, 3.05) is 0 Å². The van der Waals surface area contributed by atoms with E-state index in [4.69, 9.17) is 4.74 Å². The summed E-state index contributed by atoms with van der Waals surface area (Å²) < 4.78 is 5.42. The second-order valence-corrected chi connectivity index (χ2v) is 10.7. The zero-order valence-electron chi connectivity index (χ0n) is 18.4. The molecule has 0 radical (unpaired) electrons. The van der Waals surface area contributed by atoms with Gasteiger partial charge < -0.3 is 30.3 Å². The Morgan fingerprint density at radius 3 is 2.47 bits per heavy atom. The summed E-state index contributed by atoms with van der Waals surface area (Å²) in [5.74, 6) is -0.717. The van der Waals surface area contributed by atoms with Crippen LogP contribution in [0.5, 0.6) is 0 Å². The summed E-state index contributed by atoms with van der Waals surface area (Å²) in [7, 11) is 0. The van der Waals surface area contributed by atoms with E-state index in [2.05, 4.69) is 6.92 Å². The first-order chi connectivity index (χ1) is 13.8. The monoisotopic (exact) mass is 424 g/mol. The van der Waals surface area contributed by atoms with Crippen LogP contribution in [0.4, 0.5) is 0 Å². The van der Waals surface area contributed by atoms with Crippen LogP contribution in [0, 0.1) is 16.7 Å². The van der Waals surface area contributed by atoms with E-state index in [1.165, 1.54) is 13.8 Å². The molecule has 0 bridgehead atoms. The summed E-state index contributed by atoms with van der Waals surface area (Å²) in [5.41, 5.74) is -5.79. The molecule has 3 fully saturated rings. The molecule has 0 spiro atoms. The molecule has 0 aliphatic heterocycles. The van der Waals surface area contributed by atoms with Gasteiger partial charge in [-0.2, -0.15) is 0 Å². The van der Waals surface area contributed by atoms with Crippen LogP contribution in [0.2, 0.25) is 0 Å². The number of rotatable bonds is 2. The fourth-order valence-electron chi connectivity index (χ4n) is 7.69. The summed E-state index contributed by atoms with van der Waals surface area (Å²) in [6.07, 6.45) is 2.06. The summed E-state index contributed by atoms with van der Waals surface area (Å²) in [6.45, 7) is 6.53. The molecule has 0 aromatic rings. The Labute approximate surface area is 177 Å². The van der Waals surface area contributed by atoms with E-state index in [-0.39, 0.29) is 37.8 Å². The number of ether oxygens (including phenoxy) is 1. The third kappa shape index (κ3) is 2.41. The second kappa shape index (κ2) is 6.51. The molecular formula is C23H36O7. The third-order valence-electron chi connectivity index (χ3n) is 9.66. The molecule has 30 heavy (non-hydrogen) atoms. The first-order valence-corrected chi connectivity index (χ1v) is 11.2. The van der Waals surface area contributed by atoms with Gasteiger partial charge in [-0.25, -0.2) is 0 Å². The molecule has 0 heterocycles. The summed E-state index contributed by atoms with van der Waals surface area (Å²) >= 11 is 0. The number of hydrogen-bond acceptors (Lipinski definition) is 7. The lowest BCUT2D eigenvalue weighted by Crippen LogP contribution is -2.78. The lowest BCUT2D eigenvalue weighted by atomic mass is 9.42. The highest BCUT2D eigenvalue weighted by atomic mass is 16.5. The van der Waals surface area contributed by atoms with Gasteiger partial charge in [0.1, 0.15) is 22.9 Å². The molecule has 4 aliphatic rings. The van der Waals surface area contributed by atoms with E-state index >= 15 is 0 Å². The summed E-state index contributed by atoms with van der Waals surface area (Å²) in [5, 5.41) is 57.0. The average molecular weight is 425 g/mol. The van der Waals surface area contributed by atoms with Gasteiger partial charge in [0, 0.05) is 19.3 Å². The standard InChI is InChI=1S/C23H36O7/c1-13(24)21(27)9-10-23(29)20(21,4)18(26)12-17-19(3)7-6-16(30-14(2)25)11-15(19)5-8-22(17,23)28/h5,13,16-18,24,26-29H,6-12H2,1-4H3/t13-,16-,17+,18+,19-,20+,21+,22-,23+/m0/s1. The first-order valence-electron chi connectivity index (χ1n) is 11.2. The number of carbonyl (C=O) groups excluding carboxylic acids is 1.